The maximum absolute atomic E-state index is 12.4. The highest BCUT2D eigenvalue weighted by atomic mass is 35.5. The number of amides is 2. The Kier molecular flexibility index (Phi) is 5.40. The highest BCUT2D eigenvalue weighted by molar-refractivity contribution is 6.31. The first-order chi connectivity index (χ1) is 10.9. The van der Waals surface area contributed by atoms with E-state index in [2.05, 4.69) is 5.32 Å². The predicted molar refractivity (Wildman–Crippen MR) is 91.5 cm³/mol. The molecule has 0 spiro atoms. The standard InChI is InChI=1S/C18H19ClN2O2/c1-11-7-12(2)9-14(8-11)18(23)21-16(17(20)22)10-13-5-3-4-6-15(13)19/h3-9,16H,10H2,1-2H3,(H2,20,22)(H,21,23)/t16-/m0/s1. The van der Waals surface area contributed by atoms with E-state index in [1.165, 1.54) is 0 Å². The Balaban J connectivity index is 2.18. The van der Waals surface area contributed by atoms with E-state index >= 15 is 0 Å². The molecule has 0 bridgehead atoms. The fraction of sp³-hybridized carbons (Fsp3) is 0.222. The van der Waals surface area contributed by atoms with E-state index in [-0.39, 0.29) is 12.3 Å². The summed E-state index contributed by atoms with van der Waals surface area (Å²) < 4.78 is 0. The van der Waals surface area contributed by atoms with Crippen LogP contribution in [-0.4, -0.2) is 17.9 Å². The zero-order valence-corrected chi connectivity index (χ0v) is 13.9. The molecular formula is C18H19ClN2O2. The average Bonchev–Trinajstić information content (AvgIpc) is 2.47. The number of nitrogens with two attached hydrogens (primary N) is 1. The molecule has 2 rings (SSSR count). The molecule has 120 valence electrons. The van der Waals surface area contributed by atoms with Crippen LogP contribution in [0.1, 0.15) is 27.0 Å². The first-order valence-corrected chi connectivity index (χ1v) is 7.66. The largest absolute Gasteiger partial charge is 0.368 e. The summed E-state index contributed by atoms with van der Waals surface area (Å²) in [6.07, 6.45) is 0.256. The molecule has 0 fully saturated rings. The Hall–Kier alpha value is -2.33. The van der Waals surface area contributed by atoms with Gasteiger partial charge in [0.1, 0.15) is 6.04 Å². The van der Waals surface area contributed by atoms with Gasteiger partial charge in [-0.2, -0.15) is 0 Å². The molecule has 0 aliphatic rings. The summed E-state index contributed by atoms with van der Waals surface area (Å²) in [7, 11) is 0. The quantitative estimate of drug-likeness (QED) is 0.884. The first-order valence-electron chi connectivity index (χ1n) is 7.28. The summed E-state index contributed by atoms with van der Waals surface area (Å²) in [4.78, 5) is 24.1. The van der Waals surface area contributed by atoms with Gasteiger partial charge >= 0.3 is 0 Å². The van der Waals surface area contributed by atoms with Gasteiger partial charge in [-0.25, -0.2) is 0 Å². The van der Waals surface area contributed by atoms with Crippen LogP contribution in [0.25, 0.3) is 0 Å². The van der Waals surface area contributed by atoms with E-state index in [4.69, 9.17) is 17.3 Å². The summed E-state index contributed by atoms with van der Waals surface area (Å²) in [5, 5.41) is 3.23. The zero-order valence-electron chi connectivity index (χ0n) is 13.1. The van der Waals surface area contributed by atoms with Crippen LogP contribution in [0.4, 0.5) is 0 Å². The molecule has 2 aromatic rings. The van der Waals surface area contributed by atoms with E-state index in [1.807, 2.05) is 26.0 Å². The van der Waals surface area contributed by atoms with Gasteiger partial charge in [0.15, 0.2) is 0 Å². The van der Waals surface area contributed by atoms with Crippen molar-refractivity contribution in [2.24, 2.45) is 5.73 Å². The molecule has 23 heavy (non-hydrogen) atoms. The molecule has 1 atom stereocenters. The lowest BCUT2D eigenvalue weighted by molar-refractivity contribution is -0.119. The van der Waals surface area contributed by atoms with E-state index in [0.29, 0.717) is 10.6 Å². The molecule has 0 aliphatic carbocycles. The van der Waals surface area contributed by atoms with Gasteiger partial charge in [-0.15, -0.1) is 0 Å². The molecule has 0 radical (unpaired) electrons. The molecule has 0 unspecified atom stereocenters. The first kappa shape index (κ1) is 17.0. The third-order valence-electron chi connectivity index (χ3n) is 3.51. The van der Waals surface area contributed by atoms with E-state index in [9.17, 15) is 9.59 Å². The Labute approximate surface area is 140 Å². The maximum atomic E-state index is 12.4. The summed E-state index contributed by atoms with van der Waals surface area (Å²) in [6, 6.07) is 11.9. The average molecular weight is 331 g/mol. The minimum Gasteiger partial charge on any atom is -0.368 e. The minimum atomic E-state index is -0.816. The molecule has 2 amide bonds. The number of carbonyl (C=O) groups is 2. The van der Waals surface area contributed by atoms with Crippen molar-refractivity contribution in [3.05, 3.63) is 69.7 Å². The van der Waals surface area contributed by atoms with Gasteiger partial charge in [0.2, 0.25) is 5.91 Å². The van der Waals surface area contributed by atoms with Crippen molar-refractivity contribution in [1.29, 1.82) is 0 Å². The number of aryl methyl sites for hydroxylation is 2. The lowest BCUT2D eigenvalue weighted by Crippen LogP contribution is -2.45. The molecule has 2 aromatic carbocycles. The third-order valence-corrected chi connectivity index (χ3v) is 3.88. The molecule has 5 heteroatoms. The third kappa shape index (κ3) is 4.57. The SMILES string of the molecule is Cc1cc(C)cc(C(=O)N[C@@H](Cc2ccccc2Cl)C(N)=O)c1. The maximum Gasteiger partial charge on any atom is 0.251 e. The second-order valence-electron chi connectivity index (χ2n) is 5.60. The number of primary amides is 1. The highest BCUT2D eigenvalue weighted by Crippen LogP contribution is 2.17. The molecule has 0 aliphatic heterocycles. The van der Waals surface area contributed by atoms with Crippen LogP contribution >= 0.6 is 11.6 Å². The number of hydrogen-bond donors (Lipinski definition) is 2. The minimum absolute atomic E-state index is 0.256. The topological polar surface area (TPSA) is 72.2 Å². The molecule has 4 nitrogen and oxygen atoms in total. The van der Waals surface area contributed by atoms with Gasteiger partial charge < -0.3 is 11.1 Å². The fourth-order valence-corrected chi connectivity index (χ4v) is 2.67. The predicted octanol–water partition coefficient (Wildman–Crippen LogP) is 2.78. The number of carbonyl (C=O) groups excluding carboxylic acids is 2. The lowest BCUT2D eigenvalue weighted by atomic mass is 10.0. The zero-order chi connectivity index (χ0) is 17.0. The monoisotopic (exact) mass is 330 g/mol. The van der Waals surface area contributed by atoms with Crippen molar-refractivity contribution >= 4 is 23.4 Å². The van der Waals surface area contributed by atoms with Crippen molar-refractivity contribution in [2.45, 2.75) is 26.3 Å². The Bertz CT molecular complexity index is 723. The lowest BCUT2D eigenvalue weighted by Gasteiger charge is -2.17. The molecule has 0 aromatic heterocycles. The van der Waals surface area contributed by atoms with Gasteiger partial charge in [-0.1, -0.05) is 47.0 Å². The van der Waals surface area contributed by atoms with Gasteiger partial charge in [-0.05, 0) is 37.6 Å². The van der Waals surface area contributed by atoms with Gasteiger partial charge in [-0.3, -0.25) is 9.59 Å². The highest BCUT2D eigenvalue weighted by Gasteiger charge is 2.20. The fourth-order valence-electron chi connectivity index (χ4n) is 2.45. The van der Waals surface area contributed by atoms with Crippen LogP contribution in [0.15, 0.2) is 42.5 Å². The van der Waals surface area contributed by atoms with Crippen molar-refractivity contribution in [1.82, 2.24) is 5.32 Å². The van der Waals surface area contributed by atoms with Crippen molar-refractivity contribution < 1.29 is 9.59 Å². The molecule has 0 saturated heterocycles. The summed E-state index contributed by atoms with van der Waals surface area (Å²) in [5.41, 5.74) is 8.66. The van der Waals surface area contributed by atoms with Crippen LogP contribution < -0.4 is 11.1 Å². The number of benzene rings is 2. The van der Waals surface area contributed by atoms with E-state index < -0.39 is 11.9 Å². The number of hydrogen-bond acceptors (Lipinski definition) is 2. The second kappa shape index (κ2) is 7.29. The van der Waals surface area contributed by atoms with E-state index in [1.54, 1.807) is 30.3 Å². The van der Waals surface area contributed by atoms with Crippen molar-refractivity contribution in [3.8, 4) is 0 Å². The summed E-state index contributed by atoms with van der Waals surface area (Å²) >= 11 is 6.10. The Morgan fingerprint density at radius 3 is 2.30 bits per heavy atom. The van der Waals surface area contributed by atoms with Gasteiger partial charge in [0.05, 0.1) is 0 Å². The Morgan fingerprint density at radius 1 is 1.13 bits per heavy atom. The van der Waals surface area contributed by atoms with Crippen LogP contribution in [0.2, 0.25) is 5.02 Å². The normalized spacial score (nSPS) is 11.8. The van der Waals surface area contributed by atoms with E-state index in [0.717, 1.165) is 16.7 Å². The van der Waals surface area contributed by atoms with Crippen LogP contribution in [0, 0.1) is 13.8 Å². The number of nitrogens with one attached hydrogen (secondary N) is 1. The van der Waals surface area contributed by atoms with Crippen LogP contribution in [-0.2, 0) is 11.2 Å². The van der Waals surface area contributed by atoms with Gasteiger partial charge in [0, 0.05) is 17.0 Å². The number of rotatable bonds is 5. The molecule has 0 heterocycles. The second-order valence-corrected chi connectivity index (χ2v) is 6.01. The summed E-state index contributed by atoms with van der Waals surface area (Å²) in [6.45, 7) is 3.83. The van der Waals surface area contributed by atoms with Crippen molar-refractivity contribution in [2.75, 3.05) is 0 Å². The van der Waals surface area contributed by atoms with Crippen LogP contribution in [0.5, 0.6) is 0 Å². The smallest absolute Gasteiger partial charge is 0.251 e. The summed E-state index contributed by atoms with van der Waals surface area (Å²) in [5.74, 6) is -0.921. The van der Waals surface area contributed by atoms with Crippen molar-refractivity contribution in [3.63, 3.8) is 0 Å². The van der Waals surface area contributed by atoms with Crippen LogP contribution in [0.3, 0.4) is 0 Å². The Morgan fingerprint density at radius 2 is 1.74 bits per heavy atom. The molecular weight excluding hydrogens is 312 g/mol. The molecule has 3 N–H and O–H groups in total. The van der Waals surface area contributed by atoms with Gasteiger partial charge in [0.25, 0.3) is 5.91 Å². The number of halogens is 1. The molecule has 0 saturated carbocycles.